The summed E-state index contributed by atoms with van der Waals surface area (Å²) in [5.41, 5.74) is 2.34. The summed E-state index contributed by atoms with van der Waals surface area (Å²) in [6.45, 7) is 1.96. The minimum atomic E-state index is -0.701. The van der Waals surface area contributed by atoms with E-state index in [0.29, 0.717) is 18.7 Å². The fourth-order valence-corrected chi connectivity index (χ4v) is 1.99. The lowest BCUT2D eigenvalue weighted by molar-refractivity contribution is -0.142. The Morgan fingerprint density at radius 1 is 1.30 bits per heavy atom. The molecule has 0 aliphatic heterocycles. The molecule has 23 heavy (non-hydrogen) atoms. The first-order valence-electron chi connectivity index (χ1n) is 7.31. The molecule has 1 aromatic heterocycles. The molecule has 7 nitrogen and oxygen atoms in total. The topological polar surface area (TPSA) is 98.3 Å². The maximum atomic E-state index is 11.9. The average Bonchev–Trinajstić information content (AvgIpc) is 3.06. The Bertz CT molecular complexity index is 650. The number of anilines is 1. The number of aromatic nitrogens is 2. The Hall–Kier alpha value is -2.67. The number of nitrogens with one attached hydrogen (secondary N) is 2. The molecule has 122 valence electrons. The number of H-pyrrole nitrogens is 1. The zero-order chi connectivity index (χ0) is 16.8. The minimum absolute atomic E-state index is 0.322. The minimum Gasteiger partial charge on any atom is -0.393 e. The molecule has 0 aliphatic carbocycles. The van der Waals surface area contributed by atoms with Crippen LogP contribution in [0.15, 0.2) is 36.5 Å². The first kappa shape index (κ1) is 16.7. The number of hydrogen-bond acceptors (Lipinski definition) is 4. The zero-order valence-corrected chi connectivity index (χ0v) is 13.1. The summed E-state index contributed by atoms with van der Waals surface area (Å²) < 4.78 is 0. The summed E-state index contributed by atoms with van der Waals surface area (Å²) in [7, 11) is 1.53. The van der Waals surface area contributed by atoms with Gasteiger partial charge in [-0.3, -0.25) is 14.7 Å². The summed E-state index contributed by atoms with van der Waals surface area (Å²) in [5, 5.41) is 18.5. The molecule has 1 aromatic carbocycles. The van der Waals surface area contributed by atoms with Crippen LogP contribution in [0.3, 0.4) is 0 Å². The summed E-state index contributed by atoms with van der Waals surface area (Å²) in [6, 6.07) is 8.93. The van der Waals surface area contributed by atoms with Gasteiger partial charge in [-0.25, -0.2) is 0 Å². The summed E-state index contributed by atoms with van der Waals surface area (Å²) in [5.74, 6) is -1.34. The third-order valence-electron chi connectivity index (χ3n) is 3.38. The van der Waals surface area contributed by atoms with E-state index in [-0.39, 0.29) is 0 Å². The molecular formula is C16H20N4O3. The van der Waals surface area contributed by atoms with E-state index in [9.17, 15) is 14.7 Å². The molecule has 0 spiro atoms. The Morgan fingerprint density at radius 2 is 2.00 bits per heavy atom. The van der Waals surface area contributed by atoms with Gasteiger partial charge in [0.25, 0.3) is 0 Å². The number of aromatic amines is 1. The fraction of sp³-hybridized carbons (Fsp3) is 0.312. The van der Waals surface area contributed by atoms with Crippen LogP contribution in [0.5, 0.6) is 0 Å². The molecule has 2 rings (SSSR count). The molecule has 1 heterocycles. The number of carbonyl (C=O) groups is 2. The van der Waals surface area contributed by atoms with E-state index in [1.807, 2.05) is 18.2 Å². The van der Waals surface area contributed by atoms with Gasteiger partial charge in [-0.15, -0.1) is 0 Å². The van der Waals surface area contributed by atoms with Crippen LogP contribution in [-0.2, 0) is 9.59 Å². The van der Waals surface area contributed by atoms with Crippen molar-refractivity contribution in [2.24, 2.45) is 0 Å². The normalized spacial score (nSPS) is 11.8. The number of benzene rings is 1. The van der Waals surface area contributed by atoms with Crippen molar-refractivity contribution in [3.05, 3.63) is 36.5 Å². The van der Waals surface area contributed by atoms with Crippen molar-refractivity contribution in [3.8, 4) is 11.3 Å². The van der Waals surface area contributed by atoms with Crippen molar-refractivity contribution in [2.75, 3.05) is 18.9 Å². The van der Waals surface area contributed by atoms with Crippen LogP contribution in [-0.4, -0.2) is 51.7 Å². The highest BCUT2D eigenvalue weighted by atomic mass is 16.3. The molecule has 0 aliphatic rings. The summed E-state index contributed by atoms with van der Waals surface area (Å²) >= 11 is 0. The summed E-state index contributed by atoms with van der Waals surface area (Å²) in [6.07, 6.45) is 1.57. The molecule has 3 N–H and O–H groups in total. The van der Waals surface area contributed by atoms with Gasteiger partial charge >= 0.3 is 11.8 Å². The molecule has 7 heteroatoms. The van der Waals surface area contributed by atoms with Crippen molar-refractivity contribution in [1.82, 2.24) is 15.1 Å². The van der Waals surface area contributed by atoms with E-state index in [2.05, 4.69) is 15.5 Å². The van der Waals surface area contributed by atoms with Crippen molar-refractivity contribution in [1.29, 1.82) is 0 Å². The first-order valence-corrected chi connectivity index (χ1v) is 7.31. The van der Waals surface area contributed by atoms with Crippen molar-refractivity contribution in [2.45, 2.75) is 19.4 Å². The Morgan fingerprint density at radius 3 is 2.57 bits per heavy atom. The van der Waals surface area contributed by atoms with Crippen LogP contribution in [0, 0.1) is 0 Å². The molecule has 1 unspecified atom stereocenters. The van der Waals surface area contributed by atoms with Gasteiger partial charge in [-0.1, -0.05) is 12.1 Å². The fourth-order valence-electron chi connectivity index (χ4n) is 1.99. The first-order chi connectivity index (χ1) is 11.0. The van der Waals surface area contributed by atoms with Crippen LogP contribution >= 0.6 is 0 Å². The number of nitrogens with zero attached hydrogens (tertiary/aromatic N) is 2. The van der Waals surface area contributed by atoms with Crippen molar-refractivity contribution in [3.63, 3.8) is 0 Å². The quantitative estimate of drug-likeness (QED) is 0.723. The van der Waals surface area contributed by atoms with Crippen LogP contribution < -0.4 is 5.32 Å². The lowest BCUT2D eigenvalue weighted by Gasteiger charge is -2.17. The Kier molecular flexibility index (Phi) is 5.48. The van der Waals surface area contributed by atoms with Gasteiger partial charge in [-0.05, 0) is 37.1 Å². The van der Waals surface area contributed by atoms with Crippen LogP contribution in [0.4, 0.5) is 5.69 Å². The van der Waals surface area contributed by atoms with Gasteiger partial charge in [-0.2, -0.15) is 5.10 Å². The molecular weight excluding hydrogens is 296 g/mol. The molecule has 0 fully saturated rings. The van der Waals surface area contributed by atoms with Crippen LogP contribution in [0.1, 0.15) is 13.3 Å². The monoisotopic (exact) mass is 316 g/mol. The van der Waals surface area contributed by atoms with Crippen molar-refractivity contribution < 1.29 is 14.7 Å². The lowest BCUT2D eigenvalue weighted by Crippen LogP contribution is -2.38. The van der Waals surface area contributed by atoms with Gasteiger partial charge in [0.1, 0.15) is 0 Å². The smallest absolute Gasteiger partial charge is 0.313 e. The third kappa shape index (κ3) is 4.65. The maximum absolute atomic E-state index is 11.9. The van der Waals surface area contributed by atoms with E-state index in [4.69, 9.17) is 0 Å². The maximum Gasteiger partial charge on any atom is 0.313 e. The van der Waals surface area contributed by atoms with Gasteiger partial charge in [0.05, 0.1) is 11.8 Å². The second kappa shape index (κ2) is 7.55. The molecule has 0 bridgehead atoms. The molecule has 0 radical (unpaired) electrons. The zero-order valence-electron chi connectivity index (χ0n) is 13.1. The van der Waals surface area contributed by atoms with Gasteiger partial charge in [0.2, 0.25) is 0 Å². The molecule has 0 saturated heterocycles. The second-order valence-corrected chi connectivity index (χ2v) is 5.37. The van der Waals surface area contributed by atoms with Crippen LogP contribution in [0.25, 0.3) is 11.3 Å². The number of likely N-dealkylation sites (N-methyl/N-ethyl adjacent to an activating group) is 1. The standard InChI is InChI=1S/C16H20N4O3/c1-11(21)8-10-20(2)16(23)15(22)18-13-5-3-12(4-6-13)14-7-9-17-19-14/h3-7,9,11,21H,8,10H2,1-2H3,(H,17,19)(H,18,22). The predicted molar refractivity (Wildman–Crippen MR) is 86.6 cm³/mol. The van der Waals surface area contributed by atoms with E-state index in [0.717, 1.165) is 11.3 Å². The van der Waals surface area contributed by atoms with E-state index in [1.54, 1.807) is 25.3 Å². The number of hydrogen-bond donors (Lipinski definition) is 3. The van der Waals surface area contributed by atoms with Gasteiger partial charge in [0.15, 0.2) is 0 Å². The second-order valence-electron chi connectivity index (χ2n) is 5.37. The third-order valence-corrected chi connectivity index (χ3v) is 3.38. The van der Waals surface area contributed by atoms with E-state index in [1.165, 1.54) is 11.9 Å². The molecule has 1 atom stereocenters. The molecule has 2 aromatic rings. The highest BCUT2D eigenvalue weighted by Crippen LogP contribution is 2.18. The Labute approximate surface area is 134 Å². The SMILES string of the molecule is CC(O)CCN(C)C(=O)C(=O)Nc1ccc(-c2ccn[nH]2)cc1. The number of aliphatic hydroxyl groups is 1. The molecule has 2 amide bonds. The van der Waals surface area contributed by atoms with Crippen LogP contribution in [0.2, 0.25) is 0 Å². The number of rotatable bonds is 5. The number of aliphatic hydroxyl groups excluding tert-OH is 1. The highest BCUT2D eigenvalue weighted by molar-refractivity contribution is 6.39. The largest absolute Gasteiger partial charge is 0.393 e. The number of carbonyl (C=O) groups excluding carboxylic acids is 2. The summed E-state index contributed by atoms with van der Waals surface area (Å²) in [4.78, 5) is 25.2. The van der Waals surface area contributed by atoms with Crippen molar-refractivity contribution >= 4 is 17.5 Å². The predicted octanol–water partition coefficient (Wildman–Crippen LogP) is 1.24. The van der Waals surface area contributed by atoms with Gasteiger partial charge in [0, 0.05) is 25.5 Å². The van der Waals surface area contributed by atoms with Gasteiger partial charge < -0.3 is 15.3 Å². The van der Waals surface area contributed by atoms with E-state index >= 15 is 0 Å². The highest BCUT2D eigenvalue weighted by Gasteiger charge is 2.18. The molecule has 0 saturated carbocycles. The average molecular weight is 316 g/mol. The number of amides is 2. The van der Waals surface area contributed by atoms with E-state index < -0.39 is 17.9 Å². The lowest BCUT2D eigenvalue weighted by atomic mass is 10.1. The Balaban J connectivity index is 1.93.